The summed E-state index contributed by atoms with van der Waals surface area (Å²) in [6.07, 6.45) is 4.24. The fourth-order valence-electron chi connectivity index (χ4n) is 2.70. The Morgan fingerprint density at radius 3 is 2.42 bits per heavy atom. The molecular formula is C9H15NO2. The standard InChI is InChI=1S/C9H15NO2/c1-12-8(11)6-2-9(3-6)4-7(10)5-9/h6-7H,2-5,10H2,1H3. The summed E-state index contributed by atoms with van der Waals surface area (Å²) in [6.45, 7) is 0. The minimum atomic E-state index is -0.0407. The van der Waals surface area contributed by atoms with E-state index in [1.54, 1.807) is 0 Å². The van der Waals surface area contributed by atoms with Gasteiger partial charge in [-0.2, -0.15) is 0 Å². The first-order valence-corrected chi connectivity index (χ1v) is 4.49. The molecular weight excluding hydrogens is 154 g/mol. The van der Waals surface area contributed by atoms with Crippen LogP contribution in [0.4, 0.5) is 0 Å². The molecule has 0 amide bonds. The monoisotopic (exact) mass is 169 g/mol. The van der Waals surface area contributed by atoms with Crippen molar-refractivity contribution in [3.05, 3.63) is 0 Å². The third-order valence-electron chi connectivity index (χ3n) is 3.28. The molecule has 0 radical (unpaired) electrons. The van der Waals surface area contributed by atoms with E-state index in [2.05, 4.69) is 4.74 Å². The van der Waals surface area contributed by atoms with E-state index in [0.29, 0.717) is 11.5 Å². The maximum absolute atomic E-state index is 11.0. The van der Waals surface area contributed by atoms with Crippen molar-refractivity contribution < 1.29 is 9.53 Å². The summed E-state index contributed by atoms with van der Waals surface area (Å²) in [5.41, 5.74) is 6.14. The quantitative estimate of drug-likeness (QED) is 0.587. The van der Waals surface area contributed by atoms with E-state index in [-0.39, 0.29) is 11.9 Å². The van der Waals surface area contributed by atoms with E-state index in [1.165, 1.54) is 7.11 Å². The predicted molar refractivity (Wildman–Crippen MR) is 44.4 cm³/mol. The first-order valence-electron chi connectivity index (χ1n) is 4.49. The first kappa shape index (κ1) is 8.05. The molecule has 2 saturated carbocycles. The number of carbonyl (C=O) groups excluding carboxylic acids is 1. The Morgan fingerprint density at radius 1 is 1.42 bits per heavy atom. The number of carbonyl (C=O) groups is 1. The van der Waals surface area contributed by atoms with Gasteiger partial charge in [-0.05, 0) is 31.1 Å². The maximum atomic E-state index is 11.0. The molecule has 12 heavy (non-hydrogen) atoms. The SMILES string of the molecule is COC(=O)C1CC2(CC(N)C2)C1. The lowest BCUT2D eigenvalue weighted by atomic mass is 9.50. The van der Waals surface area contributed by atoms with E-state index in [9.17, 15) is 4.79 Å². The third kappa shape index (κ3) is 1.04. The molecule has 0 unspecified atom stereocenters. The third-order valence-corrected chi connectivity index (χ3v) is 3.28. The second kappa shape index (κ2) is 2.46. The van der Waals surface area contributed by atoms with Crippen molar-refractivity contribution in [1.29, 1.82) is 0 Å². The summed E-state index contributed by atoms with van der Waals surface area (Å²) < 4.78 is 4.67. The van der Waals surface area contributed by atoms with Gasteiger partial charge in [-0.25, -0.2) is 0 Å². The van der Waals surface area contributed by atoms with Crippen LogP contribution in [-0.4, -0.2) is 19.1 Å². The largest absolute Gasteiger partial charge is 0.469 e. The van der Waals surface area contributed by atoms with Gasteiger partial charge in [0.2, 0.25) is 0 Å². The molecule has 0 bridgehead atoms. The van der Waals surface area contributed by atoms with Crippen LogP contribution in [-0.2, 0) is 9.53 Å². The second-order valence-electron chi connectivity index (χ2n) is 4.30. The molecule has 2 N–H and O–H groups in total. The summed E-state index contributed by atoms with van der Waals surface area (Å²) in [5.74, 6) is 0.128. The van der Waals surface area contributed by atoms with Gasteiger partial charge in [0.05, 0.1) is 13.0 Å². The van der Waals surface area contributed by atoms with Gasteiger partial charge in [-0.15, -0.1) is 0 Å². The van der Waals surface area contributed by atoms with Crippen LogP contribution in [0.2, 0.25) is 0 Å². The molecule has 0 aliphatic heterocycles. The topological polar surface area (TPSA) is 52.3 Å². The van der Waals surface area contributed by atoms with Crippen molar-refractivity contribution in [2.24, 2.45) is 17.1 Å². The van der Waals surface area contributed by atoms with Gasteiger partial charge in [0.15, 0.2) is 0 Å². The summed E-state index contributed by atoms with van der Waals surface area (Å²) in [5, 5.41) is 0. The number of nitrogens with two attached hydrogens (primary N) is 1. The van der Waals surface area contributed by atoms with Crippen LogP contribution < -0.4 is 5.73 Å². The molecule has 0 aromatic rings. The normalized spacial score (nSPS) is 44.8. The number of hydrogen-bond donors (Lipinski definition) is 1. The highest BCUT2D eigenvalue weighted by atomic mass is 16.5. The highest BCUT2D eigenvalue weighted by molar-refractivity contribution is 5.73. The highest BCUT2D eigenvalue weighted by Crippen LogP contribution is 2.58. The van der Waals surface area contributed by atoms with Gasteiger partial charge >= 0.3 is 5.97 Å². The number of methoxy groups -OCH3 is 1. The molecule has 0 saturated heterocycles. The highest BCUT2D eigenvalue weighted by Gasteiger charge is 2.54. The van der Waals surface area contributed by atoms with E-state index in [0.717, 1.165) is 25.7 Å². The minimum Gasteiger partial charge on any atom is -0.469 e. The number of rotatable bonds is 1. The van der Waals surface area contributed by atoms with Gasteiger partial charge in [0.1, 0.15) is 0 Å². The molecule has 0 heterocycles. The Balaban J connectivity index is 1.81. The van der Waals surface area contributed by atoms with Crippen LogP contribution in [0, 0.1) is 11.3 Å². The predicted octanol–water partition coefficient (Wildman–Crippen LogP) is 0.677. The minimum absolute atomic E-state index is 0.0407. The van der Waals surface area contributed by atoms with Gasteiger partial charge < -0.3 is 10.5 Å². The number of hydrogen-bond acceptors (Lipinski definition) is 3. The van der Waals surface area contributed by atoms with Gasteiger partial charge in [-0.1, -0.05) is 0 Å². The zero-order valence-corrected chi connectivity index (χ0v) is 7.38. The summed E-state index contributed by atoms with van der Waals surface area (Å²) in [4.78, 5) is 11.0. The molecule has 0 aromatic heterocycles. The van der Waals surface area contributed by atoms with Gasteiger partial charge in [0, 0.05) is 6.04 Å². The van der Waals surface area contributed by atoms with Crippen LogP contribution in [0.25, 0.3) is 0 Å². The van der Waals surface area contributed by atoms with Crippen molar-refractivity contribution in [3.8, 4) is 0 Å². The molecule has 0 atom stereocenters. The summed E-state index contributed by atoms with van der Waals surface area (Å²) in [6, 6.07) is 0.392. The molecule has 3 nitrogen and oxygen atoms in total. The van der Waals surface area contributed by atoms with Gasteiger partial charge in [0.25, 0.3) is 0 Å². The van der Waals surface area contributed by atoms with Crippen molar-refractivity contribution in [1.82, 2.24) is 0 Å². The fourth-order valence-corrected chi connectivity index (χ4v) is 2.70. The molecule has 0 aromatic carbocycles. The van der Waals surface area contributed by atoms with E-state index in [1.807, 2.05) is 0 Å². The lowest BCUT2D eigenvalue weighted by Crippen LogP contribution is -2.54. The molecule has 1 spiro atoms. The average Bonchev–Trinajstić information content (AvgIpc) is 1.92. The molecule has 2 fully saturated rings. The average molecular weight is 169 g/mol. The lowest BCUT2D eigenvalue weighted by Gasteiger charge is -2.55. The van der Waals surface area contributed by atoms with Crippen LogP contribution in [0.1, 0.15) is 25.7 Å². The van der Waals surface area contributed by atoms with E-state index >= 15 is 0 Å². The molecule has 3 heteroatoms. The second-order valence-corrected chi connectivity index (χ2v) is 4.30. The molecule has 2 aliphatic rings. The summed E-state index contributed by atoms with van der Waals surface area (Å²) >= 11 is 0. The van der Waals surface area contributed by atoms with E-state index in [4.69, 9.17) is 5.73 Å². The maximum Gasteiger partial charge on any atom is 0.308 e. The van der Waals surface area contributed by atoms with E-state index < -0.39 is 0 Å². The Hall–Kier alpha value is -0.570. The van der Waals surface area contributed by atoms with Crippen LogP contribution >= 0.6 is 0 Å². The van der Waals surface area contributed by atoms with Crippen molar-refractivity contribution >= 4 is 5.97 Å². The number of esters is 1. The molecule has 2 rings (SSSR count). The number of ether oxygens (including phenoxy) is 1. The fraction of sp³-hybridized carbons (Fsp3) is 0.889. The molecule has 2 aliphatic carbocycles. The van der Waals surface area contributed by atoms with Crippen LogP contribution in [0.15, 0.2) is 0 Å². The zero-order valence-electron chi connectivity index (χ0n) is 7.38. The Labute approximate surface area is 72.3 Å². The Kier molecular flexibility index (Phi) is 1.65. The van der Waals surface area contributed by atoms with Crippen LogP contribution in [0.5, 0.6) is 0 Å². The summed E-state index contributed by atoms with van der Waals surface area (Å²) in [7, 11) is 1.46. The van der Waals surface area contributed by atoms with Crippen molar-refractivity contribution in [2.45, 2.75) is 31.7 Å². The first-order chi connectivity index (χ1) is 5.65. The Bertz CT molecular complexity index is 201. The Morgan fingerprint density at radius 2 is 2.00 bits per heavy atom. The van der Waals surface area contributed by atoms with Crippen molar-refractivity contribution in [3.63, 3.8) is 0 Å². The smallest absolute Gasteiger partial charge is 0.308 e. The lowest BCUT2D eigenvalue weighted by molar-refractivity contribution is -0.158. The van der Waals surface area contributed by atoms with Gasteiger partial charge in [-0.3, -0.25) is 4.79 Å². The molecule has 68 valence electrons. The van der Waals surface area contributed by atoms with Crippen molar-refractivity contribution in [2.75, 3.05) is 7.11 Å². The van der Waals surface area contributed by atoms with Crippen LogP contribution in [0.3, 0.4) is 0 Å². The zero-order chi connectivity index (χ0) is 8.77.